The van der Waals surface area contributed by atoms with Crippen LogP contribution in [0.1, 0.15) is 10.4 Å². The third kappa shape index (κ3) is 3.23. The zero-order chi connectivity index (χ0) is 11.4. The van der Waals surface area contributed by atoms with Gasteiger partial charge in [0.15, 0.2) is 0 Å². The molecule has 84 valence electrons. The molecule has 1 heterocycles. The average Bonchev–Trinajstić information content (AvgIpc) is 2.67. The molecule has 0 fully saturated rings. The van der Waals surface area contributed by atoms with Crippen LogP contribution in [0, 0.1) is 0 Å². The van der Waals surface area contributed by atoms with Gasteiger partial charge in [0.1, 0.15) is 0 Å². The van der Waals surface area contributed by atoms with Crippen molar-refractivity contribution in [1.29, 1.82) is 0 Å². The molecule has 0 atom stereocenters. The van der Waals surface area contributed by atoms with Gasteiger partial charge >= 0.3 is 0 Å². The van der Waals surface area contributed by atoms with Crippen LogP contribution < -0.4 is 5.73 Å². The van der Waals surface area contributed by atoms with Crippen molar-refractivity contribution in [2.24, 2.45) is 0 Å². The summed E-state index contributed by atoms with van der Waals surface area (Å²) >= 11 is 7.37. The van der Waals surface area contributed by atoms with Gasteiger partial charge in [-0.2, -0.15) is 0 Å². The van der Waals surface area contributed by atoms with Crippen molar-refractivity contribution >= 4 is 28.6 Å². The first-order valence-electron chi connectivity index (χ1n) is 4.90. The molecule has 4 heteroatoms. The minimum Gasteiger partial charge on any atom is -0.399 e. The van der Waals surface area contributed by atoms with Crippen molar-refractivity contribution in [2.45, 2.75) is 13.2 Å². The van der Waals surface area contributed by atoms with Gasteiger partial charge in [-0.15, -0.1) is 11.3 Å². The highest BCUT2D eigenvalue weighted by atomic mass is 35.5. The average molecular weight is 254 g/mol. The molecule has 0 unspecified atom stereocenters. The lowest BCUT2D eigenvalue weighted by molar-refractivity contribution is 0.109. The summed E-state index contributed by atoms with van der Waals surface area (Å²) < 4.78 is 6.37. The predicted molar refractivity (Wildman–Crippen MR) is 68.7 cm³/mol. The molecule has 2 aromatic rings. The van der Waals surface area contributed by atoms with E-state index >= 15 is 0 Å². The number of halogens is 1. The van der Waals surface area contributed by atoms with E-state index in [0.717, 1.165) is 20.5 Å². The maximum absolute atomic E-state index is 5.82. The van der Waals surface area contributed by atoms with Crippen molar-refractivity contribution in [3.05, 3.63) is 51.2 Å². The maximum Gasteiger partial charge on any atom is 0.0932 e. The van der Waals surface area contributed by atoms with E-state index in [2.05, 4.69) is 0 Å². The Hall–Kier alpha value is -1.03. The van der Waals surface area contributed by atoms with Crippen LogP contribution in [0.3, 0.4) is 0 Å². The molecule has 2 N–H and O–H groups in total. The summed E-state index contributed by atoms with van der Waals surface area (Å²) in [4.78, 5) is 1.14. The Kier molecular flexibility index (Phi) is 3.83. The Morgan fingerprint density at radius 3 is 2.44 bits per heavy atom. The van der Waals surface area contributed by atoms with E-state index in [9.17, 15) is 0 Å². The van der Waals surface area contributed by atoms with Crippen molar-refractivity contribution in [2.75, 3.05) is 5.73 Å². The summed E-state index contributed by atoms with van der Waals surface area (Å²) in [6, 6.07) is 11.6. The second-order valence-electron chi connectivity index (χ2n) is 3.44. The predicted octanol–water partition coefficient (Wildman–Crippen LogP) is 3.70. The molecule has 0 spiro atoms. The first-order chi connectivity index (χ1) is 7.74. The first kappa shape index (κ1) is 11.5. The smallest absolute Gasteiger partial charge is 0.0932 e. The van der Waals surface area contributed by atoms with Crippen LogP contribution in [0.15, 0.2) is 36.4 Å². The molecule has 16 heavy (non-hydrogen) atoms. The van der Waals surface area contributed by atoms with Crippen LogP contribution in [-0.2, 0) is 18.0 Å². The summed E-state index contributed by atoms with van der Waals surface area (Å²) in [7, 11) is 0. The van der Waals surface area contributed by atoms with Gasteiger partial charge in [0, 0.05) is 10.6 Å². The van der Waals surface area contributed by atoms with Gasteiger partial charge in [-0.1, -0.05) is 23.7 Å². The van der Waals surface area contributed by atoms with Crippen LogP contribution in [-0.4, -0.2) is 0 Å². The van der Waals surface area contributed by atoms with E-state index in [4.69, 9.17) is 22.1 Å². The number of anilines is 1. The molecule has 0 aliphatic carbocycles. The number of ether oxygens (including phenoxy) is 1. The molecule has 0 saturated carbocycles. The number of hydrogen-bond donors (Lipinski definition) is 1. The highest BCUT2D eigenvalue weighted by Crippen LogP contribution is 2.22. The summed E-state index contributed by atoms with van der Waals surface area (Å²) in [5, 5.41) is 0. The molecule has 0 aliphatic heterocycles. The molecule has 0 bridgehead atoms. The van der Waals surface area contributed by atoms with Gasteiger partial charge < -0.3 is 10.5 Å². The minimum atomic E-state index is 0.593. The van der Waals surface area contributed by atoms with Gasteiger partial charge in [0.2, 0.25) is 0 Å². The first-order valence-corrected chi connectivity index (χ1v) is 6.10. The molecular formula is C12H12ClNOS. The summed E-state index contributed by atoms with van der Waals surface area (Å²) in [5.74, 6) is 0. The molecule has 2 nitrogen and oxygen atoms in total. The van der Waals surface area contributed by atoms with Gasteiger partial charge in [-0.25, -0.2) is 0 Å². The van der Waals surface area contributed by atoms with E-state index in [1.165, 1.54) is 0 Å². The van der Waals surface area contributed by atoms with Crippen LogP contribution in [0.25, 0.3) is 0 Å². The zero-order valence-corrected chi connectivity index (χ0v) is 10.2. The Morgan fingerprint density at radius 1 is 1.06 bits per heavy atom. The van der Waals surface area contributed by atoms with Crippen molar-refractivity contribution < 1.29 is 4.74 Å². The number of nitrogen functional groups attached to an aromatic ring is 1. The molecule has 2 rings (SSSR count). The minimum absolute atomic E-state index is 0.593. The fourth-order valence-electron chi connectivity index (χ4n) is 1.31. The van der Waals surface area contributed by atoms with E-state index in [1.807, 2.05) is 36.4 Å². The largest absolute Gasteiger partial charge is 0.399 e. The monoisotopic (exact) mass is 253 g/mol. The maximum atomic E-state index is 5.82. The zero-order valence-electron chi connectivity index (χ0n) is 8.65. The third-order valence-corrected chi connectivity index (χ3v) is 3.33. The summed E-state index contributed by atoms with van der Waals surface area (Å²) in [6.07, 6.45) is 0. The second kappa shape index (κ2) is 5.34. The fraction of sp³-hybridized carbons (Fsp3) is 0.167. The van der Waals surface area contributed by atoms with Crippen molar-refractivity contribution in [1.82, 2.24) is 0 Å². The van der Waals surface area contributed by atoms with Gasteiger partial charge in [0.05, 0.1) is 17.6 Å². The highest BCUT2D eigenvalue weighted by Gasteiger charge is 1.98. The summed E-state index contributed by atoms with van der Waals surface area (Å²) in [6.45, 7) is 1.19. The number of benzene rings is 1. The molecule has 0 radical (unpaired) electrons. The van der Waals surface area contributed by atoms with E-state index in [0.29, 0.717) is 13.2 Å². The standard InChI is InChI=1S/C12H12ClNOS/c13-12-6-5-11(16-12)8-15-7-9-1-3-10(14)4-2-9/h1-6H,7-8,14H2. The number of hydrogen-bond acceptors (Lipinski definition) is 3. The number of nitrogens with two attached hydrogens (primary N) is 1. The lowest BCUT2D eigenvalue weighted by Crippen LogP contribution is -1.93. The Balaban J connectivity index is 1.82. The highest BCUT2D eigenvalue weighted by molar-refractivity contribution is 7.16. The lowest BCUT2D eigenvalue weighted by atomic mass is 10.2. The van der Waals surface area contributed by atoms with Crippen LogP contribution in [0.4, 0.5) is 5.69 Å². The number of rotatable bonds is 4. The molecule has 0 saturated heterocycles. The Labute approximate surface area is 104 Å². The van der Waals surface area contributed by atoms with Crippen molar-refractivity contribution in [3.8, 4) is 0 Å². The number of thiophene rings is 1. The molecule has 1 aromatic heterocycles. The molecule has 0 aliphatic rings. The second-order valence-corrected chi connectivity index (χ2v) is 5.24. The quantitative estimate of drug-likeness (QED) is 0.844. The lowest BCUT2D eigenvalue weighted by Gasteiger charge is -2.03. The topological polar surface area (TPSA) is 35.2 Å². The van der Waals surface area contributed by atoms with Crippen molar-refractivity contribution in [3.63, 3.8) is 0 Å². The third-order valence-electron chi connectivity index (χ3n) is 2.12. The van der Waals surface area contributed by atoms with E-state index in [-0.39, 0.29) is 0 Å². The van der Waals surface area contributed by atoms with Crippen LogP contribution in [0.5, 0.6) is 0 Å². The van der Waals surface area contributed by atoms with Crippen LogP contribution in [0.2, 0.25) is 4.34 Å². The Bertz CT molecular complexity index is 452. The Morgan fingerprint density at radius 2 is 1.81 bits per heavy atom. The fourth-order valence-corrected chi connectivity index (χ4v) is 2.34. The molecule has 1 aromatic carbocycles. The molecular weight excluding hydrogens is 242 g/mol. The molecule has 0 amide bonds. The normalized spacial score (nSPS) is 10.6. The summed E-state index contributed by atoms with van der Waals surface area (Å²) in [5.41, 5.74) is 7.49. The SMILES string of the molecule is Nc1ccc(COCc2ccc(Cl)s2)cc1. The van der Waals surface area contributed by atoms with Gasteiger partial charge in [-0.05, 0) is 29.8 Å². The van der Waals surface area contributed by atoms with Gasteiger partial charge in [-0.3, -0.25) is 0 Å². The van der Waals surface area contributed by atoms with Crippen LogP contribution >= 0.6 is 22.9 Å². The van der Waals surface area contributed by atoms with E-state index < -0.39 is 0 Å². The van der Waals surface area contributed by atoms with E-state index in [1.54, 1.807) is 11.3 Å². The van der Waals surface area contributed by atoms with Gasteiger partial charge in [0.25, 0.3) is 0 Å².